The zero-order valence-electron chi connectivity index (χ0n) is 14.3. The minimum absolute atomic E-state index is 0.233. The van der Waals surface area contributed by atoms with E-state index in [1.807, 2.05) is 32.9 Å². The van der Waals surface area contributed by atoms with E-state index in [2.05, 4.69) is 17.5 Å². The molecule has 1 unspecified atom stereocenters. The second kappa shape index (κ2) is 7.75. The summed E-state index contributed by atoms with van der Waals surface area (Å²) in [5, 5.41) is 3.82. The summed E-state index contributed by atoms with van der Waals surface area (Å²) in [6.07, 6.45) is 2.56. The van der Waals surface area contributed by atoms with E-state index in [4.69, 9.17) is 9.47 Å². The zero-order chi connectivity index (χ0) is 17.7. The van der Waals surface area contributed by atoms with Crippen molar-refractivity contribution in [3.05, 3.63) is 29.3 Å². The predicted molar refractivity (Wildman–Crippen MR) is 95.6 cm³/mol. The monoisotopic (exact) mass is 349 g/mol. The van der Waals surface area contributed by atoms with Crippen LogP contribution in [0.25, 0.3) is 0 Å². The molecule has 0 fully saturated rings. The number of fused-ring (bicyclic) bond motifs is 1. The van der Waals surface area contributed by atoms with Crippen LogP contribution in [0.5, 0.6) is 5.75 Å². The number of carbonyl (C=O) groups excluding carboxylic acids is 2. The molecule has 1 aliphatic carbocycles. The fraction of sp³-hybridized carbons (Fsp3) is 0.500. The summed E-state index contributed by atoms with van der Waals surface area (Å²) in [5.74, 6) is 0.195. The molecule has 1 aliphatic rings. The van der Waals surface area contributed by atoms with Gasteiger partial charge in [-0.1, -0.05) is 18.3 Å². The highest BCUT2D eigenvalue weighted by Crippen LogP contribution is 2.33. The van der Waals surface area contributed by atoms with Crippen LogP contribution in [0, 0.1) is 0 Å². The number of thiocarbonyl (C=S) groups is 1. The van der Waals surface area contributed by atoms with Crippen LogP contribution in [0.15, 0.2) is 18.2 Å². The largest absolute Gasteiger partial charge is 0.444 e. The van der Waals surface area contributed by atoms with Gasteiger partial charge in [-0.2, -0.15) is 0 Å². The van der Waals surface area contributed by atoms with Crippen molar-refractivity contribution in [3.8, 4) is 5.75 Å². The van der Waals surface area contributed by atoms with Crippen LogP contribution in [-0.4, -0.2) is 29.6 Å². The van der Waals surface area contributed by atoms with Crippen molar-refractivity contribution < 1.29 is 19.1 Å². The van der Waals surface area contributed by atoms with E-state index in [0.717, 1.165) is 30.2 Å². The van der Waals surface area contributed by atoms with E-state index < -0.39 is 17.7 Å². The quantitative estimate of drug-likeness (QED) is 0.512. The minimum atomic E-state index is -0.538. The van der Waals surface area contributed by atoms with Crippen LogP contribution in [0.4, 0.5) is 4.79 Å². The number of hydrogen-bond donors (Lipinski definition) is 1. The lowest BCUT2D eigenvalue weighted by molar-refractivity contribution is -0.126. The summed E-state index contributed by atoms with van der Waals surface area (Å²) in [5.41, 5.74) is 1.82. The third-order valence-electron chi connectivity index (χ3n) is 3.76. The highest BCUT2D eigenvalue weighted by molar-refractivity contribution is 7.80. The van der Waals surface area contributed by atoms with E-state index in [0.29, 0.717) is 12.3 Å². The summed E-state index contributed by atoms with van der Waals surface area (Å²) >= 11 is 4.56. The molecule has 0 aliphatic heterocycles. The van der Waals surface area contributed by atoms with Crippen molar-refractivity contribution >= 4 is 29.6 Å². The number of carbonyl (C=O) groups is 2. The number of esters is 1. The number of ether oxygens (including phenoxy) is 2. The molecule has 1 aromatic rings. The lowest BCUT2D eigenvalue weighted by Crippen LogP contribution is -2.35. The van der Waals surface area contributed by atoms with Crippen molar-refractivity contribution in [2.75, 3.05) is 6.54 Å². The maximum absolute atomic E-state index is 11.8. The van der Waals surface area contributed by atoms with E-state index in [1.165, 1.54) is 5.56 Å². The molecule has 0 bridgehead atoms. The third-order valence-corrected chi connectivity index (χ3v) is 3.95. The molecule has 0 saturated heterocycles. The molecule has 130 valence electrons. The van der Waals surface area contributed by atoms with Gasteiger partial charge in [0.25, 0.3) is 0 Å². The maximum Gasteiger partial charge on any atom is 0.407 e. The Hall–Kier alpha value is -1.95. The van der Waals surface area contributed by atoms with E-state index in [1.54, 1.807) is 6.07 Å². The van der Waals surface area contributed by atoms with Gasteiger partial charge in [-0.25, -0.2) is 9.59 Å². The average molecular weight is 349 g/mol. The molecule has 0 radical (unpaired) electrons. The summed E-state index contributed by atoms with van der Waals surface area (Å²) in [6, 6.07) is 5.61. The first-order chi connectivity index (χ1) is 11.3. The van der Waals surface area contributed by atoms with Crippen molar-refractivity contribution in [3.63, 3.8) is 0 Å². The fourth-order valence-corrected chi connectivity index (χ4v) is 2.88. The van der Waals surface area contributed by atoms with Gasteiger partial charge in [-0.05, 0) is 63.3 Å². The second-order valence-corrected chi connectivity index (χ2v) is 7.11. The molecule has 0 aromatic heterocycles. The molecule has 1 N–H and O–H groups in total. The zero-order valence-corrected chi connectivity index (χ0v) is 15.1. The number of benzene rings is 1. The van der Waals surface area contributed by atoms with Crippen LogP contribution >= 0.6 is 12.2 Å². The molecule has 5 nitrogen and oxygen atoms in total. The van der Waals surface area contributed by atoms with Gasteiger partial charge in [0.2, 0.25) is 0 Å². The second-order valence-electron chi connectivity index (χ2n) is 6.87. The van der Waals surface area contributed by atoms with E-state index >= 15 is 0 Å². The average Bonchev–Trinajstić information content (AvgIpc) is 2.50. The van der Waals surface area contributed by atoms with Gasteiger partial charge in [0.05, 0.1) is 5.37 Å². The first kappa shape index (κ1) is 18.4. The molecule has 1 aromatic carbocycles. The van der Waals surface area contributed by atoms with Gasteiger partial charge in [0.1, 0.15) is 11.4 Å². The number of alkyl carbamates (subject to hydrolysis) is 1. The highest BCUT2D eigenvalue weighted by Gasteiger charge is 2.23. The number of aryl methyl sites for hydroxylation is 1. The molecule has 6 heteroatoms. The van der Waals surface area contributed by atoms with Gasteiger partial charge in [0.15, 0.2) is 0 Å². The Morgan fingerprint density at radius 2 is 2.12 bits per heavy atom. The first-order valence-electron chi connectivity index (χ1n) is 8.05. The van der Waals surface area contributed by atoms with Crippen LogP contribution in [0.3, 0.4) is 0 Å². The van der Waals surface area contributed by atoms with Crippen molar-refractivity contribution in [2.45, 2.75) is 51.6 Å². The SMILES string of the molecule is CC(C)(C)OC(=O)NCC1CCCc2cc(OC(=O)C=S)ccc21. The smallest absolute Gasteiger partial charge is 0.407 e. The molecule has 24 heavy (non-hydrogen) atoms. The molecular formula is C18H23NO4S. The molecular weight excluding hydrogens is 326 g/mol. The standard InChI is InChI=1S/C18H23NO4S/c1-18(2,3)23-17(21)19-10-13-6-4-5-12-9-14(7-8-15(12)13)22-16(20)11-24/h7-9,11,13H,4-6,10H2,1-3H3,(H,19,21). The Morgan fingerprint density at radius 3 is 2.79 bits per heavy atom. The maximum atomic E-state index is 11.8. The normalized spacial score (nSPS) is 16.7. The van der Waals surface area contributed by atoms with Gasteiger partial charge in [-0.3, -0.25) is 0 Å². The number of hydrogen-bond acceptors (Lipinski definition) is 5. The number of rotatable bonds is 4. The summed E-state index contributed by atoms with van der Waals surface area (Å²) in [4.78, 5) is 23.1. The van der Waals surface area contributed by atoms with Gasteiger partial charge < -0.3 is 14.8 Å². The fourth-order valence-electron chi connectivity index (χ4n) is 2.83. The van der Waals surface area contributed by atoms with Crippen molar-refractivity contribution in [2.24, 2.45) is 0 Å². The van der Waals surface area contributed by atoms with Crippen LogP contribution in [0.1, 0.15) is 50.7 Å². The van der Waals surface area contributed by atoms with Gasteiger partial charge in [-0.15, -0.1) is 0 Å². The minimum Gasteiger partial charge on any atom is -0.444 e. The lowest BCUT2D eigenvalue weighted by atomic mass is 9.82. The topological polar surface area (TPSA) is 64.6 Å². The predicted octanol–water partition coefficient (Wildman–Crippen LogP) is 3.54. The number of amides is 1. The Bertz CT molecular complexity index is 636. The highest BCUT2D eigenvalue weighted by atomic mass is 32.1. The summed E-state index contributed by atoms with van der Waals surface area (Å²) < 4.78 is 10.4. The lowest BCUT2D eigenvalue weighted by Gasteiger charge is -2.27. The van der Waals surface area contributed by atoms with Crippen molar-refractivity contribution in [1.29, 1.82) is 0 Å². The van der Waals surface area contributed by atoms with Gasteiger partial charge in [0, 0.05) is 12.5 Å². The van der Waals surface area contributed by atoms with Crippen LogP contribution in [-0.2, 0) is 16.0 Å². The Morgan fingerprint density at radius 1 is 1.38 bits per heavy atom. The summed E-state index contributed by atoms with van der Waals surface area (Å²) in [6.45, 7) is 6.05. The molecule has 0 spiro atoms. The Balaban J connectivity index is 2.02. The molecule has 1 atom stereocenters. The molecule has 2 rings (SSSR count). The molecule has 0 heterocycles. The van der Waals surface area contributed by atoms with E-state index in [-0.39, 0.29) is 5.92 Å². The molecule has 1 amide bonds. The Labute approximate surface area is 147 Å². The van der Waals surface area contributed by atoms with Gasteiger partial charge >= 0.3 is 12.1 Å². The third kappa shape index (κ3) is 5.30. The van der Waals surface area contributed by atoms with E-state index in [9.17, 15) is 9.59 Å². The first-order valence-corrected chi connectivity index (χ1v) is 8.52. The number of nitrogens with one attached hydrogen (secondary N) is 1. The van der Waals surface area contributed by atoms with Crippen LogP contribution in [0.2, 0.25) is 0 Å². The molecule has 0 saturated carbocycles. The van der Waals surface area contributed by atoms with Crippen molar-refractivity contribution in [1.82, 2.24) is 5.32 Å². The summed E-state index contributed by atoms with van der Waals surface area (Å²) in [7, 11) is 0. The van der Waals surface area contributed by atoms with Crippen LogP contribution < -0.4 is 10.1 Å². The Kier molecular flexibility index (Phi) is 5.94.